The number of aliphatic hydroxyl groups is 3. The van der Waals surface area contributed by atoms with Gasteiger partial charge in [0.05, 0.1) is 6.61 Å². The van der Waals surface area contributed by atoms with E-state index in [2.05, 4.69) is 13.8 Å². The van der Waals surface area contributed by atoms with E-state index in [0.29, 0.717) is 0 Å². The highest BCUT2D eigenvalue weighted by Crippen LogP contribution is 2.24. The van der Waals surface area contributed by atoms with Gasteiger partial charge in [-0.05, 0) is 12.3 Å². The lowest BCUT2D eigenvalue weighted by Crippen LogP contribution is -2.60. The molecule has 0 bridgehead atoms. The summed E-state index contributed by atoms with van der Waals surface area (Å²) in [5.41, 5.74) is 0. The van der Waals surface area contributed by atoms with Crippen LogP contribution in [0.15, 0.2) is 0 Å². The molecule has 0 radical (unpaired) electrons. The Morgan fingerprint density at radius 3 is 1.81 bits per heavy atom. The van der Waals surface area contributed by atoms with E-state index in [1.807, 2.05) is 0 Å². The van der Waals surface area contributed by atoms with Gasteiger partial charge >= 0.3 is 5.97 Å². The molecule has 0 spiro atoms. The summed E-state index contributed by atoms with van der Waals surface area (Å²) in [6, 6.07) is 0. The smallest absolute Gasteiger partial charge is 0.306 e. The van der Waals surface area contributed by atoms with Crippen LogP contribution in [0.2, 0.25) is 0 Å². The Morgan fingerprint density at radius 2 is 1.34 bits per heavy atom. The highest BCUT2D eigenvalue weighted by atomic mass is 16.7. The summed E-state index contributed by atoms with van der Waals surface area (Å²) in [6.45, 7) is 4.12. The van der Waals surface area contributed by atoms with Gasteiger partial charge in [-0.3, -0.25) is 4.79 Å². The van der Waals surface area contributed by atoms with Gasteiger partial charge in [-0.1, -0.05) is 90.9 Å². The molecule has 1 saturated heterocycles. The molecule has 5 atom stereocenters. The van der Waals surface area contributed by atoms with Gasteiger partial charge in [0.15, 0.2) is 12.4 Å². The van der Waals surface area contributed by atoms with Crippen molar-refractivity contribution in [3.05, 3.63) is 0 Å². The molecule has 7 nitrogen and oxygen atoms in total. The third-order valence-electron chi connectivity index (χ3n) is 6.24. The van der Waals surface area contributed by atoms with Crippen molar-refractivity contribution in [3.8, 4) is 0 Å². The molecule has 1 aliphatic rings. The highest BCUT2D eigenvalue weighted by Gasteiger charge is 2.46. The number of hydrogen-bond acceptors (Lipinski definition) is 7. The van der Waals surface area contributed by atoms with Gasteiger partial charge in [0, 0.05) is 13.5 Å². The Balaban J connectivity index is 2.01. The number of rotatable bonds is 18. The van der Waals surface area contributed by atoms with Crippen LogP contribution in [-0.2, 0) is 19.0 Å². The number of methoxy groups -OCH3 is 1. The van der Waals surface area contributed by atoms with Gasteiger partial charge in [0.25, 0.3) is 0 Å². The maximum atomic E-state index is 12.1. The van der Waals surface area contributed by atoms with Crippen LogP contribution in [0, 0.1) is 5.92 Å². The first-order valence-electron chi connectivity index (χ1n) is 12.8. The van der Waals surface area contributed by atoms with Crippen LogP contribution in [0.5, 0.6) is 0 Å². The topological polar surface area (TPSA) is 105 Å². The fourth-order valence-electron chi connectivity index (χ4n) is 4.17. The van der Waals surface area contributed by atoms with Crippen molar-refractivity contribution in [1.29, 1.82) is 0 Å². The van der Waals surface area contributed by atoms with Crippen molar-refractivity contribution in [2.45, 2.75) is 134 Å². The first-order valence-corrected chi connectivity index (χ1v) is 12.8. The van der Waals surface area contributed by atoms with Crippen LogP contribution < -0.4 is 0 Å². The van der Waals surface area contributed by atoms with Crippen LogP contribution in [0.3, 0.4) is 0 Å². The zero-order valence-corrected chi connectivity index (χ0v) is 20.5. The lowest BCUT2D eigenvalue weighted by atomic mass is 9.99. The summed E-state index contributed by atoms with van der Waals surface area (Å²) < 4.78 is 15.8. The molecule has 0 amide bonds. The minimum absolute atomic E-state index is 0.260. The predicted molar refractivity (Wildman–Crippen MR) is 124 cm³/mol. The van der Waals surface area contributed by atoms with Crippen LogP contribution in [0.1, 0.15) is 104 Å². The molecule has 1 rings (SSSR count). The largest absolute Gasteiger partial charge is 0.454 e. The number of hydrogen-bond donors (Lipinski definition) is 3. The van der Waals surface area contributed by atoms with E-state index < -0.39 is 43.3 Å². The normalized spacial score (nSPS) is 25.9. The second-order valence-corrected chi connectivity index (χ2v) is 9.57. The van der Waals surface area contributed by atoms with Crippen LogP contribution in [-0.4, -0.2) is 65.7 Å². The van der Waals surface area contributed by atoms with Crippen molar-refractivity contribution < 1.29 is 34.3 Å². The van der Waals surface area contributed by atoms with E-state index >= 15 is 0 Å². The first kappa shape index (κ1) is 29.3. The van der Waals surface area contributed by atoms with Crippen molar-refractivity contribution in [1.82, 2.24) is 0 Å². The Hall–Kier alpha value is -0.730. The summed E-state index contributed by atoms with van der Waals surface area (Å²) in [6.07, 6.45) is 10.5. The maximum Gasteiger partial charge on any atom is 0.306 e. The molecular weight excluding hydrogens is 412 g/mol. The number of carbonyl (C=O) groups is 1. The molecule has 190 valence electrons. The number of carbonyl (C=O) groups excluding carboxylic acids is 1. The maximum absolute atomic E-state index is 12.1. The molecule has 0 aliphatic carbocycles. The molecular formula is C25H48O7. The predicted octanol–water partition coefficient (Wildman–Crippen LogP) is 4.10. The lowest BCUT2D eigenvalue weighted by Gasteiger charge is -2.40. The molecule has 32 heavy (non-hydrogen) atoms. The summed E-state index contributed by atoms with van der Waals surface area (Å²) in [7, 11) is 1.36. The van der Waals surface area contributed by atoms with E-state index in [0.717, 1.165) is 25.2 Å². The molecule has 0 aromatic carbocycles. The number of ether oxygens (including phenoxy) is 3. The Bertz CT molecular complexity index is 469. The average molecular weight is 461 g/mol. The molecule has 0 aromatic rings. The summed E-state index contributed by atoms with van der Waals surface area (Å²) in [5, 5.41) is 29.4. The lowest BCUT2D eigenvalue weighted by molar-refractivity contribution is -0.298. The van der Waals surface area contributed by atoms with Crippen molar-refractivity contribution in [2.75, 3.05) is 13.7 Å². The highest BCUT2D eigenvalue weighted by molar-refractivity contribution is 5.69. The van der Waals surface area contributed by atoms with E-state index in [4.69, 9.17) is 14.2 Å². The Morgan fingerprint density at radius 1 is 0.844 bits per heavy atom. The second kappa shape index (κ2) is 17.7. The fourth-order valence-corrected chi connectivity index (χ4v) is 4.17. The minimum atomic E-state index is -1.37. The van der Waals surface area contributed by atoms with Gasteiger partial charge in [0.2, 0.25) is 0 Å². The van der Waals surface area contributed by atoms with Crippen molar-refractivity contribution >= 4 is 5.97 Å². The molecule has 7 heteroatoms. The van der Waals surface area contributed by atoms with E-state index in [-0.39, 0.29) is 6.42 Å². The van der Waals surface area contributed by atoms with Gasteiger partial charge in [-0.2, -0.15) is 0 Å². The Kier molecular flexibility index (Phi) is 16.2. The van der Waals surface area contributed by atoms with Crippen LogP contribution in [0.4, 0.5) is 0 Å². The summed E-state index contributed by atoms with van der Waals surface area (Å²) in [5.74, 6) is 0.389. The van der Waals surface area contributed by atoms with E-state index in [1.165, 1.54) is 71.3 Å². The molecule has 0 aromatic heterocycles. The molecule has 1 heterocycles. The monoisotopic (exact) mass is 460 g/mol. The third-order valence-corrected chi connectivity index (χ3v) is 6.24. The van der Waals surface area contributed by atoms with Gasteiger partial charge in [0.1, 0.15) is 18.3 Å². The minimum Gasteiger partial charge on any atom is -0.454 e. The van der Waals surface area contributed by atoms with Crippen molar-refractivity contribution in [3.63, 3.8) is 0 Å². The zero-order chi connectivity index (χ0) is 23.8. The van der Waals surface area contributed by atoms with Crippen LogP contribution >= 0.6 is 0 Å². The number of unbranched alkanes of at least 4 members (excludes halogenated alkanes) is 11. The third kappa shape index (κ3) is 11.9. The zero-order valence-electron chi connectivity index (χ0n) is 20.5. The summed E-state index contributed by atoms with van der Waals surface area (Å²) in [4.78, 5) is 12.1. The van der Waals surface area contributed by atoms with E-state index in [9.17, 15) is 20.1 Å². The van der Waals surface area contributed by atoms with Crippen molar-refractivity contribution in [2.24, 2.45) is 5.92 Å². The van der Waals surface area contributed by atoms with Gasteiger partial charge < -0.3 is 29.5 Å². The quantitative estimate of drug-likeness (QED) is 0.209. The molecule has 3 N–H and O–H groups in total. The molecule has 0 saturated carbocycles. The van der Waals surface area contributed by atoms with E-state index in [1.54, 1.807) is 0 Å². The number of esters is 1. The fraction of sp³-hybridized carbons (Fsp3) is 0.960. The molecule has 1 aliphatic heterocycles. The number of aliphatic hydroxyl groups excluding tert-OH is 3. The standard InChI is InChI=1S/C25H48O7/c1-19(2)16-14-12-10-8-6-4-5-7-9-11-13-15-17-21(27)32-24-23(29)22(28)20(18-26)31-25(24)30-3/h19-20,22-26,28-29H,4-18H2,1-3H3/t20-,22-,23+,24-,25?/m1/s1. The Labute approximate surface area is 194 Å². The molecule has 1 unspecified atom stereocenters. The first-order chi connectivity index (χ1) is 15.4. The SMILES string of the molecule is COC1O[C@H](CO)[C@@H](O)[C@H](O)[C@H]1OC(=O)CCCCCCCCCCCCCCC(C)C. The van der Waals surface area contributed by atoms with Gasteiger partial charge in [-0.25, -0.2) is 0 Å². The second-order valence-electron chi connectivity index (χ2n) is 9.57. The van der Waals surface area contributed by atoms with Crippen LogP contribution in [0.25, 0.3) is 0 Å². The summed E-state index contributed by atoms with van der Waals surface area (Å²) >= 11 is 0. The average Bonchev–Trinajstić information content (AvgIpc) is 2.77. The molecule has 1 fully saturated rings. The van der Waals surface area contributed by atoms with Gasteiger partial charge in [-0.15, -0.1) is 0 Å².